The van der Waals surface area contributed by atoms with Crippen molar-refractivity contribution in [2.45, 2.75) is 6.54 Å². The summed E-state index contributed by atoms with van der Waals surface area (Å²) in [4.78, 5) is 4.00. The molecule has 0 unspecified atom stereocenters. The lowest BCUT2D eigenvalue weighted by Crippen LogP contribution is -2.05. The van der Waals surface area contributed by atoms with Gasteiger partial charge in [-0.25, -0.2) is 0 Å². The third kappa shape index (κ3) is 3.28. The number of pyridine rings is 1. The minimum atomic E-state index is 0.737. The Bertz CT molecular complexity index is 488. The van der Waals surface area contributed by atoms with E-state index in [1.165, 1.54) is 5.56 Å². The van der Waals surface area contributed by atoms with Gasteiger partial charge < -0.3 is 10.1 Å². The second-order valence-electron chi connectivity index (χ2n) is 3.57. The van der Waals surface area contributed by atoms with E-state index in [1.807, 2.05) is 37.4 Å². The first-order valence-electron chi connectivity index (χ1n) is 5.30. The second kappa shape index (κ2) is 5.80. The molecule has 2 aromatic rings. The number of nitrogens with zero attached hydrogens (tertiary/aromatic N) is 1. The van der Waals surface area contributed by atoms with Crippen molar-refractivity contribution in [2.75, 3.05) is 7.05 Å². The molecule has 0 aliphatic carbocycles. The Balaban J connectivity index is 2.15. The van der Waals surface area contributed by atoms with E-state index in [0.29, 0.717) is 0 Å². The molecule has 17 heavy (non-hydrogen) atoms. The van der Waals surface area contributed by atoms with Gasteiger partial charge in [-0.2, -0.15) is 0 Å². The summed E-state index contributed by atoms with van der Waals surface area (Å²) in [5, 5.41) is 3.11. The summed E-state index contributed by atoms with van der Waals surface area (Å²) in [6, 6.07) is 9.67. The maximum atomic E-state index is 5.68. The molecule has 0 spiro atoms. The zero-order chi connectivity index (χ0) is 12.1. The molecule has 0 fully saturated rings. The molecule has 0 aliphatic heterocycles. The van der Waals surface area contributed by atoms with Crippen molar-refractivity contribution in [3.8, 4) is 11.5 Å². The Morgan fingerprint density at radius 2 is 2.18 bits per heavy atom. The highest BCUT2D eigenvalue weighted by molar-refractivity contribution is 9.10. The van der Waals surface area contributed by atoms with Crippen molar-refractivity contribution >= 4 is 15.9 Å². The first kappa shape index (κ1) is 12.1. The van der Waals surface area contributed by atoms with Gasteiger partial charge in [-0.3, -0.25) is 4.98 Å². The normalized spacial score (nSPS) is 10.2. The Morgan fingerprint density at radius 3 is 2.82 bits per heavy atom. The number of halogens is 1. The third-order valence-electron chi connectivity index (χ3n) is 2.26. The monoisotopic (exact) mass is 292 g/mol. The van der Waals surface area contributed by atoms with Gasteiger partial charge >= 0.3 is 0 Å². The Hall–Kier alpha value is -1.39. The van der Waals surface area contributed by atoms with Crippen molar-refractivity contribution in [1.29, 1.82) is 0 Å². The second-order valence-corrected chi connectivity index (χ2v) is 4.43. The Morgan fingerprint density at radius 1 is 1.29 bits per heavy atom. The molecular formula is C13H13BrN2O. The van der Waals surface area contributed by atoms with Crippen LogP contribution in [0, 0.1) is 0 Å². The zero-order valence-corrected chi connectivity index (χ0v) is 11.1. The van der Waals surface area contributed by atoms with Crippen LogP contribution < -0.4 is 10.1 Å². The summed E-state index contributed by atoms with van der Waals surface area (Å²) in [6.45, 7) is 0.827. The average molecular weight is 293 g/mol. The molecule has 88 valence electrons. The Kier molecular flexibility index (Phi) is 4.12. The number of ether oxygens (including phenoxy) is 1. The van der Waals surface area contributed by atoms with Crippen LogP contribution in [0.1, 0.15) is 5.56 Å². The molecule has 0 atom stereocenters. The minimum absolute atomic E-state index is 0.737. The maximum Gasteiger partial charge on any atom is 0.145 e. The van der Waals surface area contributed by atoms with Crippen LogP contribution in [0.4, 0.5) is 0 Å². The largest absolute Gasteiger partial charge is 0.456 e. The molecule has 0 aliphatic rings. The lowest BCUT2D eigenvalue weighted by Gasteiger charge is -2.08. The topological polar surface area (TPSA) is 34.1 Å². The Labute approximate surface area is 109 Å². The number of hydrogen-bond acceptors (Lipinski definition) is 3. The van der Waals surface area contributed by atoms with Gasteiger partial charge in [0.25, 0.3) is 0 Å². The van der Waals surface area contributed by atoms with Gasteiger partial charge in [0, 0.05) is 17.2 Å². The van der Waals surface area contributed by atoms with Crippen molar-refractivity contribution in [3.63, 3.8) is 0 Å². The van der Waals surface area contributed by atoms with Crippen molar-refractivity contribution in [2.24, 2.45) is 0 Å². The predicted molar refractivity (Wildman–Crippen MR) is 71.2 cm³/mol. The van der Waals surface area contributed by atoms with E-state index < -0.39 is 0 Å². The fraction of sp³-hybridized carbons (Fsp3) is 0.154. The standard InChI is InChI=1S/C13H13BrN2O/c1-15-8-10-4-5-11(7-13(10)14)17-12-3-2-6-16-9-12/h2-7,9,15H,8H2,1H3. The van der Waals surface area contributed by atoms with Crippen LogP contribution in [0.5, 0.6) is 11.5 Å². The molecule has 0 radical (unpaired) electrons. The van der Waals surface area contributed by atoms with E-state index in [2.05, 4.69) is 26.2 Å². The summed E-state index contributed by atoms with van der Waals surface area (Å²) >= 11 is 3.53. The van der Waals surface area contributed by atoms with E-state index in [-0.39, 0.29) is 0 Å². The molecule has 0 saturated heterocycles. The van der Waals surface area contributed by atoms with E-state index in [0.717, 1.165) is 22.5 Å². The van der Waals surface area contributed by atoms with Crippen LogP contribution in [-0.2, 0) is 6.54 Å². The molecule has 3 nitrogen and oxygen atoms in total. The van der Waals surface area contributed by atoms with E-state index in [1.54, 1.807) is 12.4 Å². The molecule has 1 heterocycles. The van der Waals surface area contributed by atoms with E-state index >= 15 is 0 Å². The van der Waals surface area contributed by atoms with Gasteiger partial charge in [0.2, 0.25) is 0 Å². The average Bonchev–Trinajstić information content (AvgIpc) is 2.34. The number of nitrogens with one attached hydrogen (secondary N) is 1. The van der Waals surface area contributed by atoms with E-state index in [4.69, 9.17) is 4.74 Å². The highest BCUT2D eigenvalue weighted by Gasteiger charge is 2.02. The third-order valence-corrected chi connectivity index (χ3v) is 3.00. The number of benzene rings is 1. The van der Waals surface area contributed by atoms with Gasteiger partial charge in [-0.05, 0) is 36.9 Å². The fourth-order valence-corrected chi connectivity index (χ4v) is 1.97. The summed E-state index contributed by atoms with van der Waals surface area (Å²) in [5.41, 5.74) is 1.20. The van der Waals surface area contributed by atoms with Gasteiger partial charge in [-0.1, -0.05) is 22.0 Å². The summed E-state index contributed by atoms with van der Waals surface area (Å²) in [5.74, 6) is 1.53. The quantitative estimate of drug-likeness (QED) is 0.938. The van der Waals surface area contributed by atoms with Crippen LogP contribution in [0.3, 0.4) is 0 Å². The fourth-order valence-electron chi connectivity index (χ4n) is 1.47. The maximum absolute atomic E-state index is 5.68. The lowest BCUT2D eigenvalue weighted by atomic mass is 10.2. The number of hydrogen-bond donors (Lipinski definition) is 1. The van der Waals surface area contributed by atoms with Crippen molar-refractivity contribution < 1.29 is 4.74 Å². The van der Waals surface area contributed by atoms with Gasteiger partial charge in [0.05, 0.1) is 6.20 Å². The van der Waals surface area contributed by atoms with Crippen molar-refractivity contribution in [3.05, 3.63) is 52.8 Å². The molecule has 1 aromatic carbocycles. The summed E-state index contributed by atoms with van der Waals surface area (Å²) < 4.78 is 6.71. The van der Waals surface area contributed by atoms with Gasteiger partial charge in [0.1, 0.15) is 11.5 Å². The first-order valence-corrected chi connectivity index (χ1v) is 6.10. The molecule has 2 rings (SSSR count). The van der Waals surface area contributed by atoms with Crippen molar-refractivity contribution in [1.82, 2.24) is 10.3 Å². The molecule has 0 bridgehead atoms. The summed E-state index contributed by atoms with van der Waals surface area (Å²) in [7, 11) is 1.92. The smallest absolute Gasteiger partial charge is 0.145 e. The van der Waals surface area contributed by atoms with Gasteiger partial charge in [-0.15, -0.1) is 0 Å². The SMILES string of the molecule is CNCc1ccc(Oc2cccnc2)cc1Br. The first-order chi connectivity index (χ1) is 8.29. The van der Waals surface area contributed by atoms with E-state index in [9.17, 15) is 0 Å². The number of aromatic nitrogens is 1. The summed E-state index contributed by atoms with van der Waals surface area (Å²) in [6.07, 6.45) is 3.41. The molecule has 1 N–H and O–H groups in total. The van der Waals surface area contributed by atoms with Crippen LogP contribution in [-0.4, -0.2) is 12.0 Å². The molecule has 0 saturated carbocycles. The zero-order valence-electron chi connectivity index (χ0n) is 9.48. The van der Waals surface area contributed by atoms with Gasteiger partial charge in [0.15, 0.2) is 0 Å². The molecule has 1 aromatic heterocycles. The molecule has 4 heteroatoms. The highest BCUT2D eigenvalue weighted by Crippen LogP contribution is 2.26. The van der Waals surface area contributed by atoms with Crippen LogP contribution in [0.15, 0.2) is 47.2 Å². The molecular weight excluding hydrogens is 280 g/mol. The molecule has 0 amide bonds. The number of rotatable bonds is 4. The van der Waals surface area contributed by atoms with Crippen LogP contribution >= 0.6 is 15.9 Å². The minimum Gasteiger partial charge on any atom is -0.456 e. The van der Waals surface area contributed by atoms with Crippen LogP contribution in [0.25, 0.3) is 0 Å². The highest BCUT2D eigenvalue weighted by atomic mass is 79.9. The predicted octanol–water partition coefficient (Wildman–Crippen LogP) is 3.36. The lowest BCUT2D eigenvalue weighted by molar-refractivity contribution is 0.479. The van der Waals surface area contributed by atoms with Crippen LogP contribution in [0.2, 0.25) is 0 Å².